The van der Waals surface area contributed by atoms with Crippen LogP contribution in [-0.4, -0.2) is 24.3 Å². The molecule has 0 aliphatic carbocycles. The highest BCUT2D eigenvalue weighted by Crippen LogP contribution is 2.38. The van der Waals surface area contributed by atoms with Crippen molar-refractivity contribution in [2.24, 2.45) is 0 Å². The molecular weight excluding hydrogens is 330 g/mol. The lowest BCUT2D eigenvalue weighted by molar-refractivity contribution is -0.139. The van der Waals surface area contributed by atoms with E-state index in [0.29, 0.717) is 41.8 Å². The molecule has 0 aromatic heterocycles. The molecular formula is C18H18ClNO4. The van der Waals surface area contributed by atoms with Gasteiger partial charge >= 0.3 is 5.97 Å². The van der Waals surface area contributed by atoms with E-state index in [4.69, 9.17) is 21.1 Å². The van der Waals surface area contributed by atoms with Gasteiger partial charge in [-0.2, -0.15) is 0 Å². The monoisotopic (exact) mass is 347 g/mol. The summed E-state index contributed by atoms with van der Waals surface area (Å²) in [5.74, 6) is 0.223. The number of aliphatic carboxylic acids is 1. The Hall–Kier alpha value is -2.24. The molecule has 1 heterocycles. The van der Waals surface area contributed by atoms with E-state index >= 15 is 0 Å². The Morgan fingerprint density at radius 3 is 2.71 bits per heavy atom. The van der Waals surface area contributed by atoms with Crippen molar-refractivity contribution in [3.8, 4) is 11.5 Å². The predicted octanol–water partition coefficient (Wildman–Crippen LogP) is 3.42. The second-order valence-corrected chi connectivity index (χ2v) is 5.93. The molecule has 0 unspecified atom stereocenters. The SMILES string of the molecule is O=C(O)[C@H](NCc1cc(Cl)c2c(c1)OCCCO2)c1ccccc1. The number of carbonyl (C=O) groups is 1. The second-order valence-electron chi connectivity index (χ2n) is 5.52. The number of nitrogens with one attached hydrogen (secondary N) is 1. The Labute approximate surface area is 145 Å². The molecule has 0 fully saturated rings. The molecule has 5 nitrogen and oxygen atoms in total. The van der Waals surface area contributed by atoms with Crippen LogP contribution in [0.1, 0.15) is 23.6 Å². The summed E-state index contributed by atoms with van der Waals surface area (Å²) in [4.78, 5) is 11.5. The largest absolute Gasteiger partial charge is 0.489 e. The van der Waals surface area contributed by atoms with Gasteiger partial charge < -0.3 is 14.6 Å². The molecule has 0 saturated heterocycles. The number of hydrogen-bond donors (Lipinski definition) is 2. The minimum absolute atomic E-state index is 0.349. The molecule has 3 rings (SSSR count). The van der Waals surface area contributed by atoms with Crippen LogP contribution >= 0.6 is 11.6 Å². The summed E-state index contributed by atoms with van der Waals surface area (Å²) in [6, 6.07) is 11.9. The summed E-state index contributed by atoms with van der Waals surface area (Å²) in [6.07, 6.45) is 0.799. The lowest BCUT2D eigenvalue weighted by atomic mass is 10.1. The second kappa shape index (κ2) is 7.55. The zero-order chi connectivity index (χ0) is 16.9. The number of hydrogen-bond acceptors (Lipinski definition) is 4. The van der Waals surface area contributed by atoms with Gasteiger partial charge in [-0.1, -0.05) is 41.9 Å². The molecule has 2 N–H and O–H groups in total. The molecule has 2 aromatic carbocycles. The van der Waals surface area contributed by atoms with E-state index in [2.05, 4.69) is 5.32 Å². The highest BCUT2D eigenvalue weighted by molar-refractivity contribution is 6.32. The molecule has 0 amide bonds. The third-order valence-electron chi connectivity index (χ3n) is 3.75. The van der Waals surface area contributed by atoms with Gasteiger partial charge in [0.15, 0.2) is 11.5 Å². The lowest BCUT2D eigenvalue weighted by Crippen LogP contribution is -2.28. The van der Waals surface area contributed by atoms with Gasteiger partial charge in [0.1, 0.15) is 6.04 Å². The van der Waals surface area contributed by atoms with E-state index in [-0.39, 0.29) is 0 Å². The van der Waals surface area contributed by atoms with Gasteiger partial charge in [-0.25, -0.2) is 0 Å². The van der Waals surface area contributed by atoms with Crippen molar-refractivity contribution in [2.75, 3.05) is 13.2 Å². The van der Waals surface area contributed by atoms with Crippen LogP contribution in [0, 0.1) is 0 Å². The van der Waals surface area contributed by atoms with E-state index in [1.54, 1.807) is 18.2 Å². The molecule has 1 atom stereocenters. The summed E-state index contributed by atoms with van der Waals surface area (Å²) < 4.78 is 11.3. The van der Waals surface area contributed by atoms with Gasteiger partial charge in [0.05, 0.1) is 18.2 Å². The molecule has 6 heteroatoms. The van der Waals surface area contributed by atoms with E-state index in [9.17, 15) is 9.90 Å². The minimum atomic E-state index is -0.929. The van der Waals surface area contributed by atoms with Crippen molar-refractivity contribution in [2.45, 2.75) is 19.0 Å². The fourth-order valence-corrected chi connectivity index (χ4v) is 2.89. The van der Waals surface area contributed by atoms with Crippen LogP contribution in [0.4, 0.5) is 0 Å². The third kappa shape index (κ3) is 3.80. The highest BCUT2D eigenvalue weighted by Gasteiger charge is 2.20. The van der Waals surface area contributed by atoms with E-state index < -0.39 is 12.0 Å². The van der Waals surface area contributed by atoms with Gasteiger partial charge in [-0.05, 0) is 23.3 Å². The topological polar surface area (TPSA) is 67.8 Å². The Kier molecular flexibility index (Phi) is 5.23. The van der Waals surface area contributed by atoms with Crippen LogP contribution in [0.15, 0.2) is 42.5 Å². The normalized spacial score (nSPS) is 14.7. The first-order valence-electron chi connectivity index (χ1n) is 7.74. The summed E-state index contributed by atoms with van der Waals surface area (Å²) >= 11 is 6.27. The predicted molar refractivity (Wildman–Crippen MR) is 90.7 cm³/mol. The molecule has 2 aromatic rings. The number of ether oxygens (including phenoxy) is 2. The number of benzene rings is 2. The summed E-state index contributed by atoms with van der Waals surface area (Å²) in [7, 11) is 0. The number of halogens is 1. The molecule has 1 aliphatic heterocycles. The molecule has 0 bridgehead atoms. The maximum absolute atomic E-state index is 11.5. The van der Waals surface area contributed by atoms with Crippen molar-refractivity contribution in [1.29, 1.82) is 0 Å². The average Bonchev–Trinajstić information content (AvgIpc) is 2.81. The smallest absolute Gasteiger partial charge is 0.325 e. The van der Waals surface area contributed by atoms with Crippen molar-refractivity contribution < 1.29 is 19.4 Å². The summed E-state index contributed by atoms with van der Waals surface area (Å²) in [5.41, 5.74) is 1.54. The maximum Gasteiger partial charge on any atom is 0.325 e. The van der Waals surface area contributed by atoms with Crippen LogP contribution in [-0.2, 0) is 11.3 Å². The van der Waals surface area contributed by atoms with Crippen molar-refractivity contribution in [1.82, 2.24) is 5.32 Å². The lowest BCUT2D eigenvalue weighted by Gasteiger charge is -2.16. The number of fused-ring (bicyclic) bond motifs is 1. The molecule has 0 radical (unpaired) electrons. The number of carboxylic acid groups (broad SMARTS) is 1. The maximum atomic E-state index is 11.5. The molecule has 126 valence electrons. The first-order chi connectivity index (χ1) is 11.6. The Morgan fingerprint density at radius 2 is 1.96 bits per heavy atom. The van der Waals surface area contributed by atoms with Gasteiger partial charge in [-0.15, -0.1) is 0 Å². The van der Waals surface area contributed by atoms with Crippen LogP contribution in [0.5, 0.6) is 11.5 Å². The summed E-state index contributed by atoms with van der Waals surface area (Å²) in [6.45, 7) is 1.49. The van der Waals surface area contributed by atoms with E-state index in [0.717, 1.165) is 12.0 Å². The van der Waals surface area contributed by atoms with Crippen LogP contribution in [0.2, 0.25) is 5.02 Å². The zero-order valence-corrected chi connectivity index (χ0v) is 13.8. The average molecular weight is 348 g/mol. The van der Waals surface area contributed by atoms with Gasteiger partial charge in [-0.3, -0.25) is 10.1 Å². The number of rotatable bonds is 5. The Balaban J connectivity index is 1.77. The van der Waals surface area contributed by atoms with Crippen molar-refractivity contribution >= 4 is 17.6 Å². The standard InChI is InChI=1S/C18H18ClNO4/c19-14-9-12(10-15-17(14)24-8-4-7-23-15)11-20-16(18(21)22)13-5-2-1-3-6-13/h1-3,5-6,9-10,16,20H,4,7-8,11H2,(H,21,22)/t16-/m1/s1. The minimum Gasteiger partial charge on any atom is -0.489 e. The molecule has 0 spiro atoms. The third-order valence-corrected chi connectivity index (χ3v) is 4.03. The van der Waals surface area contributed by atoms with Crippen molar-refractivity contribution in [3.05, 3.63) is 58.6 Å². The quantitative estimate of drug-likeness (QED) is 0.867. The van der Waals surface area contributed by atoms with Crippen LogP contribution in [0.25, 0.3) is 0 Å². The first-order valence-corrected chi connectivity index (χ1v) is 8.12. The van der Waals surface area contributed by atoms with Gasteiger partial charge in [0.25, 0.3) is 0 Å². The van der Waals surface area contributed by atoms with Crippen LogP contribution in [0.3, 0.4) is 0 Å². The number of carboxylic acids is 1. The fourth-order valence-electron chi connectivity index (χ4n) is 2.60. The Morgan fingerprint density at radius 1 is 1.21 bits per heavy atom. The van der Waals surface area contributed by atoms with Crippen molar-refractivity contribution in [3.63, 3.8) is 0 Å². The summed E-state index contributed by atoms with van der Waals surface area (Å²) in [5, 5.41) is 13.0. The molecule has 1 aliphatic rings. The van der Waals surface area contributed by atoms with Gasteiger partial charge in [0.2, 0.25) is 0 Å². The van der Waals surface area contributed by atoms with Crippen LogP contribution < -0.4 is 14.8 Å². The van der Waals surface area contributed by atoms with Gasteiger partial charge in [0, 0.05) is 13.0 Å². The fraction of sp³-hybridized carbons (Fsp3) is 0.278. The highest BCUT2D eigenvalue weighted by atomic mass is 35.5. The zero-order valence-electron chi connectivity index (χ0n) is 13.0. The van der Waals surface area contributed by atoms with E-state index in [1.807, 2.05) is 24.3 Å². The Bertz CT molecular complexity index is 720. The molecule has 0 saturated carbocycles. The van der Waals surface area contributed by atoms with E-state index in [1.165, 1.54) is 0 Å². The molecule has 24 heavy (non-hydrogen) atoms. The first kappa shape index (κ1) is 16.6.